The van der Waals surface area contributed by atoms with Crippen LogP contribution in [0.2, 0.25) is 0 Å². The fourth-order valence-electron chi connectivity index (χ4n) is 7.96. The number of Topliss-reactive ketones (excluding diaryl/α,β-unsaturated/α-hetero) is 1. The van der Waals surface area contributed by atoms with Gasteiger partial charge in [-0.05, 0) is 76.4 Å². The van der Waals surface area contributed by atoms with Gasteiger partial charge in [-0.15, -0.1) is 11.3 Å². The van der Waals surface area contributed by atoms with Crippen LogP contribution in [-0.2, 0) is 19.1 Å². The first kappa shape index (κ1) is 47.3. The highest BCUT2D eigenvalue weighted by molar-refractivity contribution is 9.10. The van der Waals surface area contributed by atoms with E-state index in [1.807, 2.05) is 26.0 Å². The van der Waals surface area contributed by atoms with Gasteiger partial charge in [0.1, 0.15) is 11.5 Å². The molecule has 344 valence electrons. The Labute approximate surface area is 389 Å². The van der Waals surface area contributed by atoms with Crippen molar-refractivity contribution < 1.29 is 28.7 Å². The summed E-state index contributed by atoms with van der Waals surface area (Å²) in [6.45, 7) is 11.6. The van der Waals surface area contributed by atoms with Crippen molar-refractivity contribution >= 4 is 90.1 Å². The minimum Gasteiger partial charge on any atom is -0.379 e. The second kappa shape index (κ2) is 22.0. The van der Waals surface area contributed by atoms with E-state index in [-0.39, 0.29) is 66.8 Å². The SMILES string of the molecule is CC(=O)c1c(C)c2cnc(Nc3ccc(N4CCN(CC(=O)NCCOCCOCCC(=O)Nc5ccc(Br)cc5C(=O)Nc5nc(C)c(C)s5)CC4)cn3)nc2n(C2CCCC2)c1=O. The van der Waals surface area contributed by atoms with E-state index in [9.17, 15) is 24.0 Å². The number of pyridine rings is 2. The van der Waals surface area contributed by atoms with E-state index in [0.29, 0.717) is 82.1 Å². The largest absolute Gasteiger partial charge is 0.379 e. The molecule has 5 heterocycles. The molecule has 0 spiro atoms. The lowest BCUT2D eigenvalue weighted by atomic mass is 10.0. The van der Waals surface area contributed by atoms with Crippen molar-refractivity contribution in [3.63, 3.8) is 0 Å². The van der Waals surface area contributed by atoms with Gasteiger partial charge < -0.3 is 30.3 Å². The molecule has 1 saturated heterocycles. The summed E-state index contributed by atoms with van der Waals surface area (Å²) in [6.07, 6.45) is 7.34. The number of anilines is 5. The molecule has 1 aromatic carbocycles. The second-order valence-electron chi connectivity index (χ2n) is 16.1. The van der Waals surface area contributed by atoms with Crippen molar-refractivity contribution in [1.82, 2.24) is 34.7 Å². The number of fused-ring (bicyclic) bond motifs is 1. The summed E-state index contributed by atoms with van der Waals surface area (Å²) in [6, 6.07) is 8.90. The van der Waals surface area contributed by atoms with Crippen molar-refractivity contribution in [2.24, 2.45) is 0 Å². The molecular formula is C45H54BrN11O7S. The van der Waals surface area contributed by atoms with E-state index in [0.717, 1.165) is 55.0 Å². The van der Waals surface area contributed by atoms with Gasteiger partial charge in [0.15, 0.2) is 10.9 Å². The fourth-order valence-corrected chi connectivity index (χ4v) is 9.13. The molecule has 2 aliphatic rings. The molecule has 7 rings (SSSR count). The summed E-state index contributed by atoms with van der Waals surface area (Å²) in [4.78, 5) is 87.9. The number of carbonyl (C=O) groups excluding carboxylic acids is 4. The maximum atomic E-state index is 13.6. The second-order valence-corrected chi connectivity index (χ2v) is 18.2. The molecule has 0 atom stereocenters. The molecule has 65 heavy (non-hydrogen) atoms. The van der Waals surface area contributed by atoms with E-state index >= 15 is 0 Å². The Morgan fingerprint density at radius 3 is 2.32 bits per heavy atom. The van der Waals surface area contributed by atoms with Gasteiger partial charge in [-0.2, -0.15) is 4.98 Å². The molecule has 0 radical (unpaired) electrons. The maximum absolute atomic E-state index is 13.6. The summed E-state index contributed by atoms with van der Waals surface area (Å²) < 4.78 is 13.6. The number of rotatable bonds is 19. The van der Waals surface area contributed by atoms with Gasteiger partial charge in [0.05, 0.1) is 73.8 Å². The highest BCUT2D eigenvalue weighted by atomic mass is 79.9. The molecule has 1 aliphatic heterocycles. The van der Waals surface area contributed by atoms with E-state index in [4.69, 9.17) is 14.5 Å². The predicted octanol–water partition coefficient (Wildman–Crippen LogP) is 5.94. The van der Waals surface area contributed by atoms with Gasteiger partial charge in [0.2, 0.25) is 17.8 Å². The molecule has 4 N–H and O–H groups in total. The van der Waals surface area contributed by atoms with Crippen LogP contribution in [0.3, 0.4) is 0 Å². The lowest BCUT2D eigenvalue weighted by molar-refractivity contribution is -0.122. The summed E-state index contributed by atoms with van der Waals surface area (Å²) >= 11 is 4.78. The quantitative estimate of drug-likeness (QED) is 0.0557. The zero-order chi connectivity index (χ0) is 46.0. The number of thiazole rings is 1. The highest BCUT2D eigenvalue weighted by Crippen LogP contribution is 2.32. The third-order valence-electron chi connectivity index (χ3n) is 11.5. The zero-order valence-corrected chi connectivity index (χ0v) is 39.4. The Morgan fingerprint density at radius 2 is 1.63 bits per heavy atom. The number of carbonyl (C=O) groups is 4. The standard InChI is InChI=1S/C45H54BrN11O7S/c1-27-35-25-49-44(53-41(35)57(32-7-5-6-8-32)43(62)40(27)29(3)58)52-37-12-10-33(24-48-37)56-17-15-55(16-18-56)26-39(60)47-14-20-64-22-21-63-19-13-38(59)51-36-11-9-31(46)23-34(36)42(61)54-45-50-28(2)30(4)65-45/h9-12,23-25,32H,5-8,13-22,26H2,1-4H3,(H,47,60)(H,51,59)(H,50,54,61)(H,48,49,52,53). The number of hydrogen-bond acceptors (Lipinski definition) is 15. The van der Waals surface area contributed by atoms with Crippen molar-refractivity contribution in [1.29, 1.82) is 0 Å². The number of hydrogen-bond donors (Lipinski definition) is 4. The topological polar surface area (TPSA) is 215 Å². The minimum absolute atomic E-state index is 0.00745. The number of nitrogens with one attached hydrogen (secondary N) is 4. The van der Waals surface area contributed by atoms with E-state index in [1.54, 1.807) is 42.1 Å². The van der Waals surface area contributed by atoms with Crippen molar-refractivity contribution in [3.8, 4) is 0 Å². The third kappa shape index (κ3) is 12.2. The molecule has 2 fully saturated rings. The number of benzene rings is 1. The van der Waals surface area contributed by atoms with Crippen LogP contribution in [-0.4, -0.2) is 119 Å². The third-order valence-corrected chi connectivity index (χ3v) is 13.0. The summed E-state index contributed by atoms with van der Waals surface area (Å²) in [5, 5.41) is 12.9. The van der Waals surface area contributed by atoms with Gasteiger partial charge in [-0.3, -0.25) is 38.8 Å². The van der Waals surface area contributed by atoms with E-state index in [2.05, 4.69) is 61.9 Å². The first-order valence-corrected chi connectivity index (χ1v) is 23.4. The summed E-state index contributed by atoms with van der Waals surface area (Å²) in [5.41, 5.74) is 3.53. The summed E-state index contributed by atoms with van der Waals surface area (Å²) in [5.74, 6) is -0.131. The molecule has 0 bridgehead atoms. The highest BCUT2D eigenvalue weighted by Gasteiger charge is 2.26. The van der Waals surface area contributed by atoms with Gasteiger partial charge in [-0.1, -0.05) is 28.8 Å². The van der Waals surface area contributed by atoms with Crippen molar-refractivity contribution in [3.05, 3.63) is 84.8 Å². The van der Waals surface area contributed by atoms with Crippen LogP contribution in [0, 0.1) is 20.8 Å². The van der Waals surface area contributed by atoms with Crippen LogP contribution in [0.5, 0.6) is 0 Å². The first-order chi connectivity index (χ1) is 31.3. The van der Waals surface area contributed by atoms with E-state index in [1.165, 1.54) is 18.3 Å². The lowest BCUT2D eigenvalue weighted by Crippen LogP contribution is -2.49. The van der Waals surface area contributed by atoms with Crippen LogP contribution >= 0.6 is 27.3 Å². The molecule has 0 unspecified atom stereocenters. The lowest BCUT2D eigenvalue weighted by Gasteiger charge is -2.35. The number of ether oxygens (including phenoxy) is 2. The van der Waals surface area contributed by atoms with Crippen LogP contribution in [0.25, 0.3) is 11.0 Å². The molecule has 18 nitrogen and oxygen atoms in total. The molecule has 1 aliphatic carbocycles. The number of piperazine rings is 1. The molecule has 20 heteroatoms. The number of aromatic nitrogens is 5. The van der Waals surface area contributed by atoms with Crippen molar-refractivity contribution in [2.75, 3.05) is 86.5 Å². The van der Waals surface area contributed by atoms with Crippen LogP contribution in [0.15, 0.2) is 52.0 Å². The van der Waals surface area contributed by atoms with Crippen molar-refractivity contribution in [2.45, 2.75) is 65.8 Å². The molecule has 3 amide bonds. The zero-order valence-electron chi connectivity index (χ0n) is 37.0. The maximum Gasteiger partial charge on any atom is 0.263 e. The van der Waals surface area contributed by atoms with Gasteiger partial charge in [0, 0.05) is 59.7 Å². The number of halogens is 1. The molecular weight excluding hydrogens is 919 g/mol. The fraction of sp³-hybridized carbons (Fsp3) is 0.444. The normalized spacial score (nSPS) is 14.4. The monoisotopic (exact) mass is 971 g/mol. The van der Waals surface area contributed by atoms with Crippen LogP contribution in [0.1, 0.15) is 81.9 Å². The van der Waals surface area contributed by atoms with Gasteiger partial charge >= 0.3 is 0 Å². The Morgan fingerprint density at radius 1 is 0.877 bits per heavy atom. The van der Waals surface area contributed by atoms with Crippen LogP contribution in [0.4, 0.5) is 28.3 Å². The first-order valence-electron chi connectivity index (χ1n) is 21.7. The Kier molecular flexibility index (Phi) is 16.0. The Balaban J connectivity index is 0.767. The minimum atomic E-state index is -0.377. The molecule has 5 aromatic rings. The van der Waals surface area contributed by atoms with Crippen LogP contribution < -0.4 is 31.7 Å². The predicted molar refractivity (Wildman–Crippen MR) is 254 cm³/mol. The summed E-state index contributed by atoms with van der Waals surface area (Å²) in [7, 11) is 0. The van der Waals surface area contributed by atoms with Gasteiger partial charge in [-0.25, -0.2) is 15.0 Å². The average Bonchev–Trinajstić information content (AvgIpc) is 3.92. The number of nitrogens with zero attached hydrogens (tertiary/aromatic N) is 7. The Bertz CT molecular complexity index is 2570. The average molecular weight is 973 g/mol. The van der Waals surface area contributed by atoms with Gasteiger partial charge in [0.25, 0.3) is 11.5 Å². The smallest absolute Gasteiger partial charge is 0.263 e. The Hall–Kier alpha value is -5.67. The van der Waals surface area contributed by atoms with E-state index < -0.39 is 0 Å². The number of amides is 3. The molecule has 4 aromatic heterocycles. The number of ketones is 1. The number of aryl methyl sites for hydroxylation is 3. The molecule has 1 saturated carbocycles.